The van der Waals surface area contributed by atoms with Gasteiger partial charge in [0.25, 0.3) is 0 Å². The smallest absolute Gasteiger partial charge is 0.462 e. The van der Waals surface area contributed by atoms with E-state index in [1.54, 1.807) is 12.2 Å². The number of aliphatic hydroxyl groups is 3. The van der Waals surface area contributed by atoms with Crippen molar-refractivity contribution in [2.75, 3.05) is 13.2 Å². The highest BCUT2D eigenvalue weighted by atomic mass is 31.2. The van der Waals surface area contributed by atoms with E-state index in [0.717, 1.165) is 44.4 Å². The molecule has 0 aromatic rings. The van der Waals surface area contributed by atoms with E-state index >= 15 is 0 Å². The van der Waals surface area contributed by atoms with Gasteiger partial charge in [-0.2, -0.15) is 0 Å². The molecule has 0 heterocycles. The fourth-order valence-electron chi connectivity index (χ4n) is 6.79. The first kappa shape index (κ1) is 49.4. The van der Waals surface area contributed by atoms with Gasteiger partial charge in [-0.3, -0.25) is 18.9 Å². The van der Waals surface area contributed by atoms with Crippen molar-refractivity contribution in [3.8, 4) is 0 Å². The van der Waals surface area contributed by atoms with E-state index in [4.69, 9.17) is 19.3 Å². The summed E-state index contributed by atoms with van der Waals surface area (Å²) in [4.78, 5) is 55.7. The van der Waals surface area contributed by atoms with Gasteiger partial charge in [-0.1, -0.05) is 123 Å². The Kier molecular flexibility index (Phi) is 27.6. The minimum absolute atomic E-state index is 0.0162. The van der Waals surface area contributed by atoms with Crippen molar-refractivity contribution >= 4 is 25.5 Å². The average molecular weight is 777 g/mol. The van der Waals surface area contributed by atoms with E-state index in [0.29, 0.717) is 25.7 Å². The first-order valence-corrected chi connectivity index (χ1v) is 22.0. The number of hydrogen-bond acceptors (Lipinski definition) is 10. The van der Waals surface area contributed by atoms with Crippen molar-refractivity contribution in [2.45, 2.75) is 193 Å². The number of rotatable bonds is 33. The molecule has 0 amide bonds. The van der Waals surface area contributed by atoms with Crippen LogP contribution >= 0.6 is 7.82 Å². The van der Waals surface area contributed by atoms with Gasteiger partial charge in [0.05, 0.1) is 24.9 Å². The minimum atomic E-state index is -4.84. The molecule has 1 saturated carbocycles. The lowest BCUT2D eigenvalue weighted by atomic mass is 9.87. The van der Waals surface area contributed by atoms with Gasteiger partial charge < -0.3 is 34.6 Å². The molecule has 53 heavy (non-hydrogen) atoms. The first-order chi connectivity index (χ1) is 25.2. The molecule has 1 aliphatic rings. The molecule has 5 N–H and O–H groups in total. The van der Waals surface area contributed by atoms with Crippen LogP contribution in [0.3, 0.4) is 0 Å². The van der Waals surface area contributed by atoms with Crippen molar-refractivity contribution in [1.29, 1.82) is 0 Å². The SMILES string of the molecule is CCCCC[C@H](O)/C=C/[C@@H]1[C@@H](CC(=O)CCCCC(=O)OC[C@H](COP(=O)(O)O)OC(=O)CCCCCCCCCCCCCC(C)C)[C@@H](O)C[C@H]1O. The number of unbranched alkanes of at least 4 members (excludes halogenated alkanes) is 13. The highest BCUT2D eigenvalue weighted by Crippen LogP contribution is 2.37. The molecule has 13 heteroatoms. The number of phosphoric acid groups is 1. The average Bonchev–Trinajstić information content (AvgIpc) is 3.35. The van der Waals surface area contributed by atoms with E-state index in [9.17, 15) is 34.3 Å². The lowest BCUT2D eigenvalue weighted by molar-refractivity contribution is -0.161. The Bertz CT molecular complexity index is 1060. The van der Waals surface area contributed by atoms with Crippen molar-refractivity contribution in [3.05, 3.63) is 12.2 Å². The molecule has 0 aromatic heterocycles. The predicted molar refractivity (Wildman–Crippen MR) is 205 cm³/mol. The van der Waals surface area contributed by atoms with Gasteiger partial charge in [0.2, 0.25) is 0 Å². The van der Waals surface area contributed by atoms with E-state index < -0.39 is 69.2 Å². The predicted octanol–water partition coefficient (Wildman–Crippen LogP) is 7.65. The van der Waals surface area contributed by atoms with E-state index in [1.807, 2.05) is 0 Å². The lowest BCUT2D eigenvalue weighted by Gasteiger charge is -2.20. The van der Waals surface area contributed by atoms with Crippen LogP contribution in [0.5, 0.6) is 0 Å². The number of esters is 2. The topological polar surface area (TPSA) is 197 Å². The zero-order valence-corrected chi connectivity index (χ0v) is 33.8. The zero-order chi connectivity index (χ0) is 39.5. The van der Waals surface area contributed by atoms with Crippen molar-refractivity contribution in [2.24, 2.45) is 17.8 Å². The Labute approximate surface area is 319 Å². The number of ketones is 1. The number of Topliss-reactive ketones (excluding diaryl/α,β-unsaturated/α-hetero) is 1. The molecule has 0 bridgehead atoms. The second kappa shape index (κ2) is 29.6. The Morgan fingerprint density at radius 1 is 0.736 bits per heavy atom. The largest absolute Gasteiger partial charge is 0.469 e. The Hall–Kier alpha value is -1.66. The summed E-state index contributed by atoms with van der Waals surface area (Å²) in [5.74, 6) is -1.37. The number of phosphoric ester groups is 1. The summed E-state index contributed by atoms with van der Waals surface area (Å²) in [7, 11) is -4.84. The van der Waals surface area contributed by atoms with Gasteiger partial charge >= 0.3 is 19.8 Å². The Balaban J connectivity index is 2.33. The summed E-state index contributed by atoms with van der Waals surface area (Å²) in [6, 6.07) is 0. The molecule has 0 radical (unpaired) electrons. The summed E-state index contributed by atoms with van der Waals surface area (Å²) in [5, 5.41) is 31.1. The van der Waals surface area contributed by atoms with Gasteiger partial charge in [0.1, 0.15) is 12.4 Å². The summed E-state index contributed by atoms with van der Waals surface area (Å²) < 4.78 is 26.3. The molecule has 0 aliphatic heterocycles. The monoisotopic (exact) mass is 776 g/mol. The first-order valence-electron chi connectivity index (χ1n) is 20.5. The maximum atomic E-state index is 12.7. The lowest BCUT2D eigenvalue weighted by Crippen LogP contribution is -2.29. The zero-order valence-electron chi connectivity index (χ0n) is 32.9. The second-order valence-electron chi connectivity index (χ2n) is 15.4. The molecule has 6 atom stereocenters. The van der Waals surface area contributed by atoms with Gasteiger partial charge in [-0.05, 0) is 31.6 Å². The number of hydrogen-bond donors (Lipinski definition) is 5. The quantitative estimate of drug-likeness (QED) is 0.0189. The van der Waals surface area contributed by atoms with E-state index in [1.165, 1.54) is 51.4 Å². The normalized spacial score (nSPS) is 20.2. The molecule has 0 unspecified atom stereocenters. The van der Waals surface area contributed by atoms with Crippen molar-refractivity contribution in [3.63, 3.8) is 0 Å². The Morgan fingerprint density at radius 2 is 1.28 bits per heavy atom. The van der Waals surface area contributed by atoms with E-state index in [2.05, 4.69) is 25.3 Å². The van der Waals surface area contributed by atoms with Crippen LogP contribution in [0.4, 0.5) is 0 Å². The molecule has 1 aliphatic carbocycles. The molecule has 310 valence electrons. The van der Waals surface area contributed by atoms with E-state index in [-0.39, 0.29) is 37.9 Å². The van der Waals surface area contributed by atoms with Crippen molar-refractivity contribution in [1.82, 2.24) is 0 Å². The number of ether oxygens (including phenoxy) is 2. The van der Waals surface area contributed by atoms with Crippen LogP contribution in [0.25, 0.3) is 0 Å². The molecule has 0 aromatic carbocycles. The molecule has 0 saturated heterocycles. The van der Waals surface area contributed by atoms with Gasteiger partial charge in [-0.25, -0.2) is 4.57 Å². The highest BCUT2D eigenvalue weighted by Gasteiger charge is 2.41. The molecule has 12 nitrogen and oxygen atoms in total. The number of carbonyl (C=O) groups is 3. The maximum Gasteiger partial charge on any atom is 0.469 e. The molecular formula is C40H73O12P. The van der Waals surface area contributed by atoms with Crippen LogP contribution in [-0.2, 0) is 32.9 Å². The Morgan fingerprint density at radius 3 is 1.89 bits per heavy atom. The third-order valence-corrected chi connectivity index (χ3v) is 10.4. The third kappa shape index (κ3) is 26.7. The maximum absolute atomic E-state index is 12.7. The van der Waals surface area contributed by atoms with Crippen LogP contribution in [0.1, 0.15) is 168 Å². The van der Waals surface area contributed by atoms with Crippen molar-refractivity contribution < 1.29 is 58.1 Å². The standard InChI is InChI=1S/C40H73O12P/c1-4-5-15-21-32(41)25-26-35-36(38(44)28-37(35)43)27-33(42)22-18-19-23-39(45)50-29-34(30-51-53(47,48)49)52-40(46)24-17-14-12-10-8-6-7-9-11-13-16-20-31(2)3/h25-26,31-32,34-38,41,43-44H,4-24,27-30H2,1-3H3,(H2,47,48,49)/b26-25+/t32-,34+,35+,36+,37+,38-/m0/s1. The summed E-state index contributed by atoms with van der Waals surface area (Å²) >= 11 is 0. The number of aliphatic hydroxyl groups excluding tert-OH is 3. The second-order valence-corrected chi connectivity index (χ2v) is 16.7. The third-order valence-electron chi connectivity index (χ3n) is 9.94. The highest BCUT2D eigenvalue weighted by molar-refractivity contribution is 7.46. The minimum Gasteiger partial charge on any atom is -0.462 e. The molecule has 0 spiro atoms. The summed E-state index contributed by atoms with van der Waals surface area (Å²) in [5.41, 5.74) is 0. The molecule has 1 fully saturated rings. The summed E-state index contributed by atoms with van der Waals surface area (Å²) in [6.07, 6.45) is 18.6. The fourth-order valence-corrected chi connectivity index (χ4v) is 7.15. The van der Waals surface area contributed by atoms with Gasteiger partial charge in [-0.15, -0.1) is 0 Å². The fraction of sp³-hybridized carbons (Fsp3) is 0.875. The van der Waals surface area contributed by atoms with Crippen LogP contribution in [0.2, 0.25) is 0 Å². The molecular weight excluding hydrogens is 703 g/mol. The van der Waals surface area contributed by atoms with Crippen LogP contribution in [0, 0.1) is 17.8 Å². The van der Waals surface area contributed by atoms with Crippen LogP contribution in [-0.4, -0.2) is 80.5 Å². The number of carbonyl (C=O) groups excluding carboxylic acids is 3. The van der Waals surface area contributed by atoms with Gasteiger partial charge in [0, 0.05) is 43.9 Å². The van der Waals surface area contributed by atoms with Crippen LogP contribution in [0.15, 0.2) is 12.2 Å². The van der Waals surface area contributed by atoms with Crippen LogP contribution < -0.4 is 0 Å². The summed E-state index contributed by atoms with van der Waals surface area (Å²) in [6.45, 7) is 5.56. The molecule has 1 rings (SSSR count). The van der Waals surface area contributed by atoms with Gasteiger partial charge in [0.15, 0.2) is 6.10 Å².